The molecule has 0 saturated carbocycles. The molecule has 1 atom stereocenters. The molecule has 2 N–H and O–H groups in total. The highest BCUT2D eigenvalue weighted by Crippen LogP contribution is 2.25. The third-order valence-electron chi connectivity index (χ3n) is 4.71. The number of amides is 1. The van der Waals surface area contributed by atoms with E-state index >= 15 is 0 Å². The summed E-state index contributed by atoms with van der Waals surface area (Å²) in [6.45, 7) is 4.32. The second-order valence-electron chi connectivity index (χ2n) is 6.66. The molecule has 7 heteroatoms. The van der Waals surface area contributed by atoms with E-state index in [1.54, 1.807) is 22.8 Å². The molecule has 0 saturated heterocycles. The Morgan fingerprint density at radius 2 is 1.96 bits per heavy atom. The minimum Gasteiger partial charge on any atom is -0.370 e. The Hall–Kier alpha value is -2.31. The van der Waals surface area contributed by atoms with E-state index in [4.69, 9.17) is 17.3 Å². The fourth-order valence-corrected chi connectivity index (χ4v) is 4.03. The number of carbonyl (C=O) groups excluding carboxylic acids is 1. The fourth-order valence-electron chi connectivity index (χ4n) is 2.89. The minimum atomic E-state index is -0.383. The average molecular weight is 416 g/mol. The van der Waals surface area contributed by atoms with Crippen molar-refractivity contribution in [2.45, 2.75) is 37.8 Å². The van der Waals surface area contributed by atoms with Gasteiger partial charge in [-0.2, -0.15) is 0 Å². The van der Waals surface area contributed by atoms with Crippen LogP contribution < -0.4 is 11.3 Å². The van der Waals surface area contributed by atoms with Crippen LogP contribution in [0.15, 0.2) is 52.4 Å². The molecule has 28 heavy (non-hydrogen) atoms. The maximum absolute atomic E-state index is 13.2. The van der Waals surface area contributed by atoms with Gasteiger partial charge in [-0.3, -0.25) is 14.2 Å². The lowest BCUT2D eigenvalue weighted by Crippen LogP contribution is -2.22. The number of halogens is 1. The van der Waals surface area contributed by atoms with Gasteiger partial charge in [-0.05, 0) is 48.2 Å². The number of hydrogen-bond acceptors (Lipinski definition) is 4. The summed E-state index contributed by atoms with van der Waals surface area (Å²) >= 11 is 7.42. The molecule has 0 aliphatic heterocycles. The molecule has 0 unspecified atom stereocenters. The number of carbonyl (C=O) groups is 1. The summed E-state index contributed by atoms with van der Waals surface area (Å²) in [7, 11) is 0. The summed E-state index contributed by atoms with van der Waals surface area (Å²) in [4.78, 5) is 29.0. The van der Waals surface area contributed by atoms with Crippen LogP contribution in [-0.4, -0.2) is 21.2 Å². The van der Waals surface area contributed by atoms with Gasteiger partial charge in [0.1, 0.15) is 0 Å². The molecule has 1 amide bonds. The van der Waals surface area contributed by atoms with Crippen molar-refractivity contribution in [2.75, 3.05) is 5.75 Å². The monoisotopic (exact) mass is 415 g/mol. The first-order chi connectivity index (χ1) is 13.4. The Morgan fingerprint density at radius 3 is 2.61 bits per heavy atom. The van der Waals surface area contributed by atoms with Crippen molar-refractivity contribution in [2.24, 2.45) is 5.73 Å². The van der Waals surface area contributed by atoms with Gasteiger partial charge in [0.05, 0.1) is 16.6 Å². The van der Waals surface area contributed by atoms with E-state index in [1.807, 2.05) is 24.3 Å². The van der Waals surface area contributed by atoms with Gasteiger partial charge in [0.25, 0.3) is 5.56 Å². The topological polar surface area (TPSA) is 78.0 Å². The van der Waals surface area contributed by atoms with Crippen LogP contribution in [0.25, 0.3) is 16.6 Å². The first-order valence-electron chi connectivity index (χ1n) is 9.14. The Balaban J connectivity index is 2.13. The number of rotatable bonds is 7. The molecule has 1 aromatic heterocycles. The number of primary amides is 1. The maximum atomic E-state index is 13.2. The molecule has 0 fully saturated rings. The van der Waals surface area contributed by atoms with Crippen molar-refractivity contribution >= 4 is 40.2 Å². The Bertz CT molecular complexity index is 1060. The van der Waals surface area contributed by atoms with Gasteiger partial charge < -0.3 is 5.73 Å². The van der Waals surface area contributed by atoms with Crippen LogP contribution in [0, 0.1) is 0 Å². The summed E-state index contributed by atoms with van der Waals surface area (Å²) in [5, 5.41) is 1.47. The maximum Gasteiger partial charge on any atom is 0.266 e. The van der Waals surface area contributed by atoms with Crippen LogP contribution in [0.5, 0.6) is 0 Å². The summed E-state index contributed by atoms with van der Waals surface area (Å²) in [5.41, 5.74) is 7.58. The molecule has 3 rings (SSSR count). The quantitative estimate of drug-likeness (QED) is 0.454. The van der Waals surface area contributed by atoms with Crippen molar-refractivity contribution in [1.29, 1.82) is 0 Å². The molecule has 0 bridgehead atoms. The summed E-state index contributed by atoms with van der Waals surface area (Å²) in [6, 6.07) is 13.0. The molecule has 0 spiro atoms. The normalized spacial score (nSPS) is 12.2. The number of benzene rings is 2. The second-order valence-corrected chi connectivity index (χ2v) is 8.16. The highest BCUT2D eigenvalue weighted by molar-refractivity contribution is 7.99. The largest absolute Gasteiger partial charge is 0.370 e. The molecule has 1 heterocycles. The van der Waals surface area contributed by atoms with Gasteiger partial charge in [-0.15, -0.1) is 0 Å². The Kier molecular flexibility index (Phi) is 6.42. The average Bonchev–Trinajstić information content (AvgIpc) is 2.68. The molecule has 3 aromatic rings. The van der Waals surface area contributed by atoms with Crippen LogP contribution in [0.4, 0.5) is 0 Å². The van der Waals surface area contributed by atoms with E-state index in [0.29, 0.717) is 32.8 Å². The van der Waals surface area contributed by atoms with E-state index in [2.05, 4.69) is 18.8 Å². The lowest BCUT2D eigenvalue weighted by molar-refractivity contribution is -0.117. The van der Waals surface area contributed by atoms with Gasteiger partial charge in [0, 0.05) is 17.2 Å². The third-order valence-corrected chi connectivity index (χ3v) is 5.89. The lowest BCUT2D eigenvalue weighted by atomic mass is 9.98. The molecular formula is C21H22ClN3O2S. The van der Waals surface area contributed by atoms with E-state index in [-0.39, 0.29) is 17.9 Å². The molecule has 146 valence electrons. The zero-order valence-corrected chi connectivity index (χ0v) is 17.4. The number of aromatic nitrogens is 2. The third kappa shape index (κ3) is 4.39. The standard InChI is InChI=1S/C21H22ClN3O2S/c1-3-13(2)14-4-7-16(8-5-14)25-20(27)17-12-15(22)6-9-18(17)24-21(25)28-11-10-19(23)26/h4-9,12-13H,3,10-11H2,1-2H3,(H2,23,26)/t13-/m0/s1. The van der Waals surface area contributed by atoms with Gasteiger partial charge in [-0.1, -0.05) is 49.3 Å². The highest BCUT2D eigenvalue weighted by Gasteiger charge is 2.15. The zero-order chi connectivity index (χ0) is 20.3. The van der Waals surface area contributed by atoms with Crippen LogP contribution in [-0.2, 0) is 4.79 Å². The van der Waals surface area contributed by atoms with Crippen molar-refractivity contribution in [3.8, 4) is 5.69 Å². The first-order valence-corrected chi connectivity index (χ1v) is 10.5. The van der Waals surface area contributed by atoms with Crippen LogP contribution in [0.1, 0.15) is 38.2 Å². The molecule has 0 aliphatic rings. The van der Waals surface area contributed by atoms with E-state index in [1.165, 1.54) is 17.3 Å². The van der Waals surface area contributed by atoms with Crippen molar-refractivity contribution in [1.82, 2.24) is 9.55 Å². The summed E-state index contributed by atoms with van der Waals surface area (Å²) < 4.78 is 1.57. The van der Waals surface area contributed by atoms with E-state index in [9.17, 15) is 9.59 Å². The predicted octanol–water partition coefficient (Wildman–Crippen LogP) is 4.52. The van der Waals surface area contributed by atoms with Crippen molar-refractivity contribution < 1.29 is 4.79 Å². The smallest absolute Gasteiger partial charge is 0.266 e. The van der Waals surface area contributed by atoms with Gasteiger partial charge in [-0.25, -0.2) is 4.98 Å². The fraction of sp³-hybridized carbons (Fsp3) is 0.286. The Labute approximate surface area is 172 Å². The second kappa shape index (κ2) is 8.80. The van der Waals surface area contributed by atoms with E-state index < -0.39 is 0 Å². The lowest BCUT2D eigenvalue weighted by Gasteiger charge is -2.15. The molecule has 0 radical (unpaired) electrons. The number of thioether (sulfide) groups is 1. The molecular weight excluding hydrogens is 394 g/mol. The zero-order valence-electron chi connectivity index (χ0n) is 15.8. The van der Waals surface area contributed by atoms with Crippen LogP contribution in [0.3, 0.4) is 0 Å². The predicted molar refractivity (Wildman–Crippen MR) is 116 cm³/mol. The van der Waals surface area contributed by atoms with Gasteiger partial charge >= 0.3 is 0 Å². The van der Waals surface area contributed by atoms with Crippen LogP contribution >= 0.6 is 23.4 Å². The molecule has 5 nitrogen and oxygen atoms in total. The van der Waals surface area contributed by atoms with Gasteiger partial charge in [0.15, 0.2) is 5.16 Å². The first kappa shape index (κ1) is 20.4. The number of fused-ring (bicyclic) bond motifs is 1. The summed E-state index contributed by atoms with van der Waals surface area (Å²) in [5.74, 6) is 0.516. The van der Waals surface area contributed by atoms with Crippen molar-refractivity contribution in [3.05, 3.63) is 63.4 Å². The molecule has 0 aliphatic carbocycles. The van der Waals surface area contributed by atoms with Gasteiger partial charge in [0.2, 0.25) is 5.91 Å². The number of nitrogens with zero attached hydrogens (tertiary/aromatic N) is 2. The SMILES string of the molecule is CC[C@H](C)c1ccc(-n2c(SCCC(N)=O)nc3ccc(Cl)cc3c2=O)cc1. The molecule has 2 aromatic carbocycles. The van der Waals surface area contributed by atoms with Crippen molar-refractivity contribution in [3.63, 3.8) is 0 Å². The number of hydrogen-bond donors (Lipinski definition) is 1. The highest BCUT2D eigenvalue weighted by atomic mass is 35.5. The number of nitrogens with two attached hydrogens (primary N) is 1. The minimum absolute atomic E-state index is 0.189. The van der Waals surface area contributed by atoms with E-state index in [0.717, 1.165) is 12.1 Å². The summed E-state index contributed by atoms with van der Waals surface area (Å²) in [6.07, 6.45) is 1.26. The van der Waals surface area contributed by atoms with Crippen LogP contribution in [0.2, 0.25) is 5.02 Å². The Morgan fingerprint density at radius 1 is 1.25 bits per heavy atom.